The van der Waals surface area contributed by atoms with Crippen molar-refractivity contribution >= 4 is 0 Å². The number of para-hydroxylation sites is 1. The molecule has 110 valence electrons. The van der Waals surface area contributed by atoms with Gasteiger partial charge < -0.3 is 10.5 Å². The Morgan fingerprint density at radius 3 is 2.80 bits per heavy atom. The van der Waals surface area contributed by atoms with Crippen LogP contribution in [0.3, 0.4) is 0 Å². The Bertz CT molecular complexity index is 470. The van der Waals surface area contributed by atoms with E-state index in [2.05, 4.69) is 38.1 Å². The molecule has 20 heavy (non-hydrogen) atoms. The zero-order valence-electron chi connectivity index (χ0n) is 12.8. The molecule has 0 radical (unpaired) electrons. The highest BCUT2D eigenvalue weighted by Gasteiger charge is 2.41. The summed E-state index contributed by atoms with van der Waals surface area (Å²) in [5.41, 5.74) is 7.60. The SMILES string of the molecule is CC(C)C1CCCC2(CC1)CC(N)c1ccccc1O2. The van der Waals surface area contributed by atoms with Crippen LogP contribution in [0.25, 0.3) is 0 Å². The first-order chi connectivity index (χ1) is 9.60. The Morgan fingerprint density at radius 1 is 1.20 bits per heavy atom. The van der Waals surface area contributed by atoms with Crippen LogP contribution in [0.1, 0.15) is 64.0 Å². The quantitative estimate of drug-likeness (QED) is 0.820. The fourth-order valence-electron chi connectivity index (χ4n) is 4.04. The standard InChI is InChI=1S/C18H27NO/c1-13(2)14-6-5-10-18(11-9-14)12-16(19)15-7-3-4-8-17(15)20-18/h3-4,7-8,13-14,16H,5-6,9-12,19H2,1-2H3. The molecule has 2 N–H and O–H groups in total. The van der Waals surface area contributed by atoms with E-state index in [1.165, 1.54) is 24.8 Å². The highest BCUT2D eigenvalue weighted by atomic mass is 16.5. The number of ether oxygens (including phenoxy) is 1. The third-order valence-corrected chi connectivity index (χ3v) is 5.36. The van der Waals surface area contributed by atoms with Crippen LogP contribution in [0.4, 0.5) is 0 Å². The smallest absolute Gasteiger partial charge is 0.124 e. The lowest BCUT2D eigenvalue weighted by molar-refractivity contribution is 0.0199. The molecule has 2 heteroatoms. The fourth-order valence-corrected chi connectivity index (χ4v) is 4.04. The van der Waals surface area contributed by atoms with Gasteiger partial charge in [0, 0.05) is 18.0 Å². The van der Waals surface area contributed by atoms with Crippen molar-refractivity contribution in [2.45, 2.75) is 64.0 Å². The Hall–Kier alpha value is -1.02. The van der Waals surface area contributed by atoms with Gasteiger partial charge in [-0.1, -0.05) is 38.5 Å². The first-order valence-electron chi connectivity index (χ1n) is 8.13. The summed E-state index contributed by atoms with van der Waals surface area (Å²) in [4.78, 5) is 0. The summed E-state index contributed by atoms with van der Waals surface area (Å²) in [7, 11) is 0. The molecule has 1 heterocycles. The van der Waals surface area contributed by atoms with Gasteiger partial charge in [-0.05, 0) is 43.6 Å². The minimum Gasteiger partial charge on any atom is -0.487 e. The molecule has 0 saturated heterocycles. The van der Waals surface area contributed by atoms with Gasteiger partial charge in [0.05, 0.1) is 0 Å². The molecular formula is C18H27NO. The zero-order valence-corrected chi connectivity index (χ0v) is 12.8. The van der Waals surface area contributed by atoms with Crippen LogP contribution < -0.4 is 10.5 Å². The minimum absolute atomic E-state index is 0.00257. The zero-order chi connectivity index (χ0) is 14.2. The maximum absolute atomic E-state index is 6.46. The van der Waals surface area contributed by atoms with Gasteiger partial charge in [0.1, 0.15) is 11.4 Å². The third-order valence-electron chi connectivity index (χ3n) is 5.36. The first-order valence-corrected chi connectivity index (χ1v) is 8.13. The third kappa shape index (κ3) is 2.58. The largest absolute Gasteiger partial charge is 0.487 e. The van der Waals surface area contributed by atoms with Crippen LogP contribution in [-0.2, 0) is 0 Å². The van der Waals surface area contributed by atoms with E-state index in [1.54, 1.807) is 0 Å². The Kier molecular flexibility index (Phi) is 3.76. The predicted molar refractivity (Wildman–Crippen MR) is 82.8 cm³/mol. The molecule has 0 amide bonds. The maximum Gasteiger partial charge on any atom is 0.124 e. The molecule has 1 aromatic rings. The lowest BCUT2D eigenvalue weighted by Crippen LogP contribution is -2.42. The molecule has 2 nitrogen and oxygen atoms in total. The van der Waals surface area contributed by atoms with E-state index in [9.17, 15) is 0 Å². The van der Waals surface area contributed by atoms with Crippen LogP contribution in [-0.4, -0.2) is 5.60 Å². The summed E-state index contributed by atoms with van der Waals surface area (Å²) >= 11 is 0. The van der Waals surface area contributed by atoms with Gasteiger partial charge in [-0.2, -0.15) is 0 Å². The summed E-state index contributed by atoms with van der Waals surface area (Å²) in [6.45, 7) is 4.71. The summed E-state index contributed by atoms with van der Waals surface area (Å²) in [6.07, 6.45) is 7.22. The molecule has 1 aliphatic heterocycles. The van der Waals surface area contributed by atoms with E-state index < -0.39 is 0 Å². The van der Waals surface area contributed by atoms with Gasteiger partial charge >= 0.3 is 0 Å². The van der Waals surface area contributed by atoms with E-state index in [0.29, 0.717) is 0 Å². The number of fused-ring (bicyclic) bond motifs is 1. The molecule has 3 rings (SSSR count). The van der Waals surface area contributed by atoms with E-state index in [-0.39, 0.29) is 11.6 Å². The summed E-state index contributed by atoms with van der Waals surface area (Å²) in [5, 5.41) is 0. The molecule has 1 aliphatic carbocycles. The molecule has 2 aliphatic rings. The first kappa shape index (κ1) is 13.9. The van der Waals surface area contributed by atoms with Crippen LogP contribution in [0.2, 0.25) is 0 Å². The van der Waals surface area contributed by atoms with Gasteiger partial charge in [0.2, 0.25) is 0 Å². The average molecular weight is 273 g/mol. The van der Waals surface area contributed by atoms with E-state index in [1.807, 2.05) is 0 Å². The maximum atomic E-state index is 6.46. The molecule has 1 aromatic carbocycles. The fraction of sp³-hybridized carbons (Fsp3) is 0.667. The van der Waals surface area contributed by atoms with Gasteiger partial charge in [-0.15, -0.1) is 0 Å². The molecule has 1 fully saturated rings. The highest BCUT2D eigenvalue weighted by Crippen LogP contribution is 2.46. The molecule has 1 saturated carbocycles. The average Bonchev–Trinajstić information content (AvgIpc) is 2.62. The number of hydrogen-bond donors (Lipinski definition) is 1. The van der Waals surface area contributed by atoms with Crippen LogP contribution in [0.5, 0.6) is 5.75 Å². The van der Waals surface area contributed by atoms with Crippen LogP contribution in [0.15, 0.2) is 24.3 Å². The lowest BCUT2D eigenvalue weighted by atomic mass is 9.81. The Balaban J connectivity index is 1.81. The van der Waals surface area contributed by atoms with Gasteiger partial charge in [0.15, 0.2) is 0 Å². The van der Waals surface area contributed by atoms with Crippen molar-refractivity contribution in [2.24, 2.45) is 17.6 Å². The minimum atomic E-state index is -0.00257. The van der Waals surface area contributed by atoms with Crippen molar-refractivity contribution in [3.8, 4) is 5.75 Å². The number of benzene rings is 1. The van der Waals surface area contributed by atoms with Crippen molar-refractivity contribution in [3.63, 3.8) is 0 Å². The topological polar surface area (TPSA) is 35.2 Å². The van der Waals surface area contributed by atoms with Crippen LogP contribution in [0, 0.1) is 11.8 Å². The van der Waals surface area contributed by atoms with Crippen LogP contribution >= 0.6 is 0 Å². The van der Waals surface area contributed by atoms with E-state index >= 15 is 0 Å². The number of hydrogen-bond acceptors (Lipinski definition) is 2. The Labute approximate surface area is 122 Å². The second kappa shape index (κ2) is 5.40. The summed E-state index contributed by atoms with van der Waals surface area (Å²) in [6, 6.07) is 8.44. The van der Waals surface area contributed by atoms with Gasteiger partial charge in [0.25, 0.3) is 0 Å². The number of nitrogens with two attached hydrogens (primary N) is 1. The molecular weight excluding hydrogens is 246 g/mol. The van der Waals surface area contributed by atoms with Crippen molar-refractivity contribution in [1.82, 2.24) is 0 Å². The second-order valence-corrected chi connectivity index (χ2v) is 7.07. The summed E-state index contributed by atoms with van der Waals surface area (Å²) < 4.78 is 6.46. The summed E-state index contributed by atoms with van der Waals surface area (Å²) in [5.74, 6) is 2.66. The predicted octanol–water partition coefficient (Wildman–Crippen LogP) is 4.44. The van der Waals surface area contributed by atoms with Gasteiger partial charge in [-0.25, -0.2) is 0 Å². The molecule has 0 bridgehead atoms. The molecule has 3 atom stereocenters. The van der Waals surface area contributed by atoms with Crippen molar-refractivity contribution in [3.05, 3.63) is 29.8 Å². The molecule has 3 unspecified atom stereocenters. The molecule has 1 spiro atoms. The van der Waals surface area contributed by atoms with E-state index in [0.717, 1.165) is 36.8 Å². The van der Waals surface area contributed by atoms with Crippen molar-refractivity contribution in [2.75, 3.05) is 0 Å². The van der Waals surface area contributed by atoms with Crippen molar-refractivity contribution in [1.29, 1.82) is 0 Å². The normalized spacial score (nSPS) is 33.6. The Morgan fingerprint density at radius 2 is 2.00 bits per heavy atom. The monoisotopic (exact) mass is 273 g/mol. The number of rotatable bonds is 1. The molecule has 0 aromatic heterocycles. The lowest BCUT2D eigenvalue weighted by Gasteiger charge is -2.41. The van der Waals surface area contributed by atoms with E-state index in [4.69, 9.17) is 10.5 Å². The highest BCUT2D eigenvalue weighted by molar-refractivity contribution is 5.38. The second-order valence-electron chi connectivity index (χ2n) is 7.07. The van der Waals surface area contributed by atoms with Gasteiger partial charge in [-0.3, -0.25) is 0 Å². The van der Waals surface area contributed by atoms with Crippen molar-refractivity contribution < 1.29 is 4.74 Å².